The molecule has 11 heteroatoms. The Balaban J connectivity index is 1.28. The number of hydrogen-bond donors (Lipinski definition) is 0. The average molecular weight is 637 g/mol. The molecule has 0 N–H and O–H groups in total. The predicted molar refractivity (Wildman–Crippen MR) is 177 cm³/mol. The number of esters is 2. The summed E-state index contributed by atoms with van der Waals surface area (Å²) >= 11 is 0. The van der Waals surface area contributed by atoms with Gasteiger partial charge in [0, 0.05) is 18.2 Å². The molecule has 0 aliphatic rings. The zero-order valence-corrected chi connectivity index (χ0v) is 26.3. The molecule has 0 unspecified atom stereocenters. The van der Waals surface area contributed by atoms with Crippen molar-refractivity contribution >= 4 is 34.7 Å². The smallest absolute Gasteiger partial charge is 0.343 e. The Morgan fingerprint density at radius 2 is 1.28 bits per heavy atom. The topological polar surface area (TPSA) is 130 Å². The van der Waals surface area contributed by atoms with Gasteiger partial charge in [-0.15, -0.1) is 10.2 Å². The van der Waals surface area contributed by atoms with Crippen LogP contribution in [0.15, 0.2) is 124 Å². The van der Waals surface area contributed by atoms with E-state index in [1.807, 2.05) is 30.3 Å². The molecule has 11 nitrogen and oxygen atoms in total. The first-order valence-corrected chi connectivity index (χ1v) is 15.0. The highest BCUT2D eigenvalue weighted by atomic mass is 16.5. The standard InChI is InChI=1S/C36H36N4O7/c1-4-35(41)46-23-11-6-5-10-22-45-29-17-14-26(15-18-29)36(42)47-30-19-21-32(34(25-30)44-3)40-39-31-20-16-28(24-33(31)43-2)38-37-27-12-8-7-9-13-27/h4,7-9,12-21,24-25H,1,5-6,10-11,22-23H2,2-3H3. The van der Waals surface area contributed by atoms with Crippen LogP contribution in [0.2, 0.25) is 0 Å². The van der Waals surface area contributed by atoms with Crippen molar-refractivity contribution in [2.75, 3.05) is 27.4 Å². The Labute approximate surface area is 273 Å². The average Bonchev–Trinajstić information content (AvgIpc) is 3.11. The van der Waals surface area contributed by atoms with E-state index in [4.69, 9.17) is 23.7 Å². The molecular formula is C36H36N4O7. The number of hydrogen-bond acceptors (Lipinski definition) is 11. The maximum atomic E-state index is 12.8. The molecule has 4 rings (SSSR count). The Bertz CT molecular complexity index is 1690. The van der Waals surface area contributed by atoms with E-state index in [1.54, 1.807) is 60.7 Å². The molecule has 0 saturated heterocycles. The van der Waals surface area contributed by atoms with Crippen LogP contribution in [0.3, 0.4) is 0 Å². The molecule has 0 amide bonds. The van der Waals surface area contributed by atoms with Crippen LogP contribution >= 0.6 is 0 Å². The summed E-state index contributed by atoms with van der Waals surface area (Å²) in [6.07, 6.45) is 4.69. The molecule has 4 aromatic rings. The maximum absolute atomic E-state index is 12.8. The molecule has 0 atom stereocenters. The normalized spacial score (nSPS) is 10.9. The zero-order chi connectivity index (χ0) is 33.3. The summed E-state index contributed by atoms with van der Waals surface area (Å²) in [5.41, 5.74) is 2.62. The van der Waals surface area contributed by atoms with Gasteiger partial charge in [-0.3, -0.25) is 0 Å². The largest absolute Gasteiger partial charge is 0.494 e. The lowest BCUT2D eigenvalue weighted by atomic mass is 10.2. The highest BCUT2D eigenvalue weighted by Gasteiger charge is 2.12. The number of nitrogens with zero attached hydrogens (tertiary/aromatic N) is 4. The first-order valence-electron chi connectivity index (χ1n) is 15.0. The van der Waals surface area contributed by atoms with Crippen LogP contribution in [-0.2, 0) is 9.53 Å². The molecule has 0 aliphatic carbocycles. The van der Waals surface area contributed by atoms with Gasteiger partial charge < -0.3 is 23.7 Å². The van der Waals surface area contributed by atoms with E-state index in [0.29, 0.717) is 53.1 Å². The fourth-order valence-corrected chi connectivity index (χ4v) is 4.17. The molecule has 0 aliphatic heterocycles. The van der Waals surface area contributed by atoms with Gasteiger partial charge in [0.05, 0.1) is 44.4 Å². The number of unbranched alkanes of at least 4 members (excludes halogenated alkanes) is 3. The number of ether oxygens (including phenoxy) is 5. The highest BCUT2D eigenvalue weighted by Crippen LogP contribution is 2.37. The van der Waals surface area contributed by atoms with E-state index in [9.17, 15) is 9.59 Å². The quantitative estimate of drug-likeness (QED) is 0.0371. The van der Waals surface area contributed by atoms with Crippen molar-refractivity contribution in [2.45, 2.75) is 25.7 Å². The van der Waals surface area contributed by atoms with Crippen LogP contribution in [0.1, 0.15) is 36.0 Å². The second-order valence-corrected chi connectivity index (χ2v) is 9.97. The summed E-state index contributed by atoms with van der Waals surface area (Å²) in [5.74, 6) is 0.852. The molecule has 0 spiro atoms. The third-order valence-electron chi connectivity index (χ3n) is 6.64. The summed E-state index contributed by atoms with van der Waals surface area (Å²) in [6.45, 7) is 4.30. The van der Waals surface area contributed by atoms with E-state index in [1.165, 1.54) is 14.2 Å². The molecule has 0 fully saturated rings. The van der Waals surface area contributed by atoms with Crippen LogP contribution in [0.25, 0.3) is 0 Å². The number of carbonyl (C=O) groups excluding carboxylic acids is 2. The Morgan fingerprint density at radius 1 is 0.660 bits per heavy atom. The summed E-state index contributed by atoms with van der Waals surface area (Å²) in [6, 6.07) is 26.2. The third-order valence-corrected chi connectivity index (χ3v) is 6.64. The molecule has 0 heterocycles. The van der Waals surface area contributed by atoms with Crippen LogP contribution in [-0.4, -0.2) is 39.4 Å². The van der Waals surface area contributed by atoms with Gasteiger partial charge in [0.15, 0.2) is 0 Å². The first kappa shape index (κ1) is 34.0. The van der Waals surface area contributed by atoms with E-state index in [2.05, 4.69) is 27.0 Å². The summed E-state index contributed by atoms with van der Waals surface area (Å²) in [4.78, 5) is 23.8. The van der Waals surface area contributed by atoms with Crippen molar-refractivity contribution in [3.63, 3.8) is 0 Å². The molecule has 4 aromatic carbocycles. The number of azo groups is 2. The highest BCUT2D eigenvalue weighted by molar-refractivity contribution is 5.91. The first-order chi connectivity index (χ1) is 23.0. The van der Waals surface area contributed by atoms with Crippen LogP contribution in [0.5, 0.6) is 23.0 Å². The van der Waals surface area contributed by atoms with Crippen LogP contribution in [0, 0.1) is 0 Å². The van der Waals surface area contributed by atoms with E-state index < -0.39 is 11.9 Å². The van der Waals surface area contributed by atoms with Gasteiger partial charge in [0.1, 0.15) is 34.4 Å². The van der Waals surface area contributed by atoms with Gasteiger partial charge >= 0.3 is 11.9 Å². The SMILES string of the molecule is C=CC(=O)OCCCCCCOc1ccc(C(=O)Oc2ccc(N=Nc3ccc(N=Nc4ccccc4)cc3OC)c(OC)c2)cc1. The number of rotatable bonds is 17. The maximum Gasteiger partial charge on any atom is 0.343 e. The predicted octanol–water partition coefficient (Wildman–Crippen LogP) is 9.42. The van der Waals surface area contributed by atoms with Crippen LogP contribution < -0.4 is 18.9 Å². The molecule has 0 saturated carbocycles. The molecule has 0 bridgehead atoms. The van der Waals surface area contributed by atoms with Gasteiger partial charge in [-0.1, -0.05) is 24.8 Å². The van der Waals surface area contributed by atoms with E-state index >= 15 is 0 Å². The summed E-state index contributed by atoms with van der Waals surface area (Å²) in [5, 5.41) is 17.1. The van der Waals surface area contributed by atoms with Gasteiger partial charge in [-0.25, -0.2) is 9.59 Å². The fraction of sp³-hybridized carbons (Fsp3) is 0.222. The van der Waals surface area contributed by atoms with Crippen molar-refractivity contribution in [1.82, 2.24) is 0 Å². The Hall–Kier alpha value is -5.84. The van der Waals surface area contributed by atoms with Gasteiger partial charge in [-0.2, -0.15) is 10.2 Å². The van der Waals surface area contributed by atoms with E-state index in [0.717, 1.165) is 37.4 Å². The third kappa shape index (κ3) is 10.9. The van der Waals surface area contributed by atoms with E-state index in [-0.39, 0.29) is 5.75 Å². The van der Waals surface area contributed by atoms with Crippen molar-refractivity contribution in [2.24, 2.45) is 20.5 Å². The van der Waals surface area contributed by atoms with Gasteiger partial charge in [0.25, 0.3) is 0 Å². The zero-order valence-electron chi connectivity index (χ0n) is 26.3. The monoisotopic (exact) mass is 636 g/mol. The van der Waals surface area contributed by atoms with Crippen molar-refractivity contribution in [1.29, 1.82) is 0 Å². The summed E-state index contributed by atoms with van der Waals surface area (Å²) < 4.78 is 27.2. The molecule has 47 heavy (non-hydrogen) atoms. The Morgan fingerprint density at radius 3 is 1.96 bits per heavy atom. The lowest BCUT2D eigenvalue weighted by molar-refractivity contribution is -0.137. The number of benzene rings is 4. The van der Waals surface area contributed by atoms with Gasteiger partial charge in [0.2, 0.25) is 0 Å². The minimum atomic E-state index is -0.528. The van der Waals surface area contributed by atoms with Gasteiger partial charge in [-0.05, 0) is 86.3 Å². The lowest BCUT2D eigenvalue weighted by Crippen LogP contribution is -2.08. The minimum absolute atomic E-state index is 0.288. The van der Waals surface area contributed by atoms with Crippen molar-refractivity contribution in [3.8, 4) is 23.0 Å². The number of carbonyl (C=O) groups is 2. The number of methoxy groups -OCH3 is 2. The molecule has 0 aromatic heterocycles. The van der Waals surface area contributed by atoms with Crippen molar-refractivity contribution < 1.29 is 33.3 Å². The summed E-state index contributed by atoms with van der Waals surface area (Å²) in [7, 11) is 3.03. The lowest BCUT2D eigenvalue weighted by Gasteiger charge is -2.09. The second kappa shape index (κ2) is 18.2. The minimum Gasteiger partial charge on any atom is -0.494 e. The molecule has 242 valence electrons. The van der Waals surface area contributed by atoms with Crippen LogP contribution in [0.4, 0.5) is 22.7 Å². The second-order valence-electron chi connectivity index (χ2n) is 9.97. The molecule has 0 radical (unpaired) electrons. The Kier molecular flexibility index (Phi) is 13.2. The fourth-order valence-electron chi connectivity index (χ4n) is 4.17. The molecular weight excluding hydrogens is 600 g/mol. The van der Waals surface area contributed by atoms with Crippen molar-refractivity contribution in [3.05, 3.63) is 109 Å².